The van der Waals surface area contributed by atoms with E-state index in [9.17, 15) is 4.79 Å². The number of aromatic nitrogens is 2. The Morgan fingerprint density at radius 3 is 2.86 bits per heavy atom. The van der Waals surface area contributed by atoms with Crippen molar-refractivity contribution in [2.24, 2.45) is 0 Å². The molecule has 1 aliphatic heterocycles. The molecule has 1 aliphatic rings. The van der Waals surface area contributed by atoms with Gasteiger partial charge in [-0.25, -0.2) is 14.8 Å². The average Bonchev–Trinajstić information content (AvgIpc) is 3.19. The summed E-state index contributed by atoms with van der Waals surface area (Å²) in [5, 5.41) is 11.9. The lowest BCUT2D eigenvalue weighted by molar-refractivity contribution is 0.189. The lowest BCUT2D eigenvalue weighted by atomic mass is 10.3. The molecule has 1 N–H and O–H groups in total. The van der Waals surface area contributed by atoms with Gasteiger partial charge in [-0.15, -0.1) is 0 Å². The van der Waals surface area contributed by atoms with Gasteiger partial charge in [-0.1, -0.05) is 13.3 Å². The smallest absolute Gasteiger partial charge is 0.321 e. The van der Waals surface area contributed by atoms with Gasteiger partial charge in [0.1, 0.15) is 17.9 Å². The van der Waals surface area contributed by atoms with Crippen LogP contribution in [0, 0.1) is 11.3 Å². The Hall–Kier alpha value is -3.34. The molecule has 2 amide bonds. The van der Waals surface area contributed by atoms with E-state index < -0.39 is 0 Å². The number of rotatable bonds is 7. The van der Waals surface area contributed by atoms with Gasteiger partial charge in [-0.05, 0) is 30.7 Å². The Kier molecular flexibility index (Phi) is 6.63. The maximum Gasteiger partial charge on any atom is 0.321 e. The fraction of sp³-hybridized carbons (Fsp3) is 0.400. The third kappa shape index (κ3) is 5.10. The van der Waals surface area contributed by atoms with Crippen molar-refractivity contribution >= 4 is 11.7 Å². The van der Waals surface area contributed by atoms with Gasteiger partial charge >= 0.3 is 6.03 Å². The first kappa shape index (κ1) is 19.4. The van der Waals surface area contributed by atoms with Crippen molar-refractivity contribution < 1.29 is 14.3 Å². The van der Waals surface area contributed by atoms with E-state index in [-0.39, 0.29) is 23.7 Å². The number of carbonyl (C=O) groups excluding carboxylic acids is 1. The van der Waals surface area contributed by atoms with Gasteiger partial charge in [0.2, 0.25) is 5.69 Å². The topological polar surface area (TPSA) is 100 Å². The van der Waals surface area contributed by atoms with Crippen LogP contribution in [-0.2, 0) is 0 Å². The zero-order valence-electron chi connectivity index (χ0n) is 15.8. The van der Waals surface area contributed by atoms with Crippen molar-refractivity contribution in [2.45, 2.75) is 32.3 Å². The molecule has 8 heteroatoms. The fourth-order valence-corrected chi connectivity index (χ4v) is 2.83. The highest BCUT2D eigenvalue weighted by Gasteiger charge is 2.28. The molecular weight excluding hydrogens is 358 g/mol. The monoisotopic (exact) mass is 381 g/mol. The highest BCUT2D eigenvalue weighted by atomic mass is 16.5. The molecule has 0 saturated carbocycles. The molecule has 28 heavy (non-hydrogen) atoms. The Balaban J connectivity index is 1.50. The van der Waals surface area contributed by atoms with Crippen molar-refractivity contribution in [3.63, 3.8) is 0 Å². The van der Waals surface area contributed by atoms with Crippen LogP contribution in [0.15, 0.2) is 36.7 Å². The molecule has 1 saturated heterocycles. The molecule has 1 atom stereocenters. The highest BCUT2D eigenvalue weighted by Crippen LogP contribution is 2.20. The molecule has 1 aromatic carbocycles. The van der Waals surface area contributed by atoms with E-state index in [0.717, 1.165) is 18.6 Å². The molecule has 0 radical (unpaired) electrons. The number of nitriles is 1. The summed E-state index contributed by atoms with van der Waals surface area (Å²) in [4.78, 5) is 22.1. The molecule has 1 fully saturated rings. The van der Waals surface area contributed by atoms with Gasteiger partial charge in [0.05, 0.1) is 13.2 Å². The van der Waals surface area contributed by atoms with Crippen LogP contribution in [0.2, 0.25) is 0 Å². The van der Waals surface area contributed by atoms with Crippen LogP contribution in [0.25, 0.3) is 0 Å². The van der Waals surface area contributed by atoms with Crippen LogP contribution in [0.4, 0.5) is 10.5 Å². The third-order valence-corrected chi connectivity index (χ3v) is 4.35. The summed E-state index contributed by atoms with van der Waals surface area (Å²) >= 11 is 0. The van der Waals surface area contributed by atoms with Gasteiger partial charge in [0.25, 0.3) is 5.88 Å². The Morgan fingerprint density at radius 1 is 1.32 bits per heavy atom. The fourth-order valence-electron chi connectivity index (χ4n) is 2.83. The molecule has 2 aromatic rings. The largest absolute Gasteiger partial charge is 0.494 e. The van der Waals surface area contributed by atoms with E-state index in [1.165, 1.54) is 12.4 Å². The molecule has 1 aromatic heterocycles. The lowest BCUT2D eigenvalue weighted by Gasteiger charge is -2.18. The summed E-state index contributed by atoms with van der Waals surface area (Å²) in [6.07, 6.45) is 5.47. The quantitative estimate of drug-likeness (QED) is 0.739. The van der Waals surface area contributed by atoms with Crippen molar-refractivity contribution in [1.29, 1.82) is 5.26 Å². The molecule has 1 unspecified atom stereocenters. The van der Waals surface area contributed by atoms with Gasteiger partial charge < -0.3 is 19.7 Å². The summed E-state index contributed by atoms with van der Waals surface area (Å²) in [5.74, 6) is 0.995. The minimum Gasteiger partial charge on any atom is -0.494 e. The molecule has 2 heterocycles. The SMILES string of the molecule is CCCCOc1ccc(NC(=O)N2CCC(Oc3nccnc3C#N)C2)cc1. The zero-order valence-corrected chi connectivity index (χ0v) is 15.8. The third-order valence-electron chi connectivity index (χ3n) is 4.35. The van der Waals surface area contributed by atoms with Gasteiger partial charge in [-0.2, -0.15) is 5.26 Å². The molecule has 8 nitrogen and oxygen atoms in total. The van der Waals surface area contributed by atoms with E-state index in [0.29, 0.717) is 31.8 Å². The number of urea groups is 1. The number of benzene rings is 1. The summed E-state index contributed by atoms with van der Waals surface area (Å²) in [6, 6.07) is 9.10. The van der Waals surface area contributed by atoms with E-state index in [1.54, 1.807) is 4.90 Å². The Morgan fingerprint density at radius 2 is 2.11 bits per heavy atom. The number of likely N-dealkylation sites (tertiary alicyclic amines) is 1. The molecule has 0 aliphatic carbocycles. The van der Waals surface area contributed by atoms with Gasteiger partial charge in [0.15, 0.2) is 0 Å². The molecule has 0 spiro atoms. The molecule has 0 bridgehead atoms. The van der Waals surface area contributed by atoms with Crippen LogP contribution in [0.5, 0.6) is 11.6 Å². The number of amides is 2. The van der Waals surface area contributed by atoms with Crippen molar-refractivity contribution in [3.05, 3.63) is 42.4 Å². The van der Waals surface area contributed by atoms with Crippen LogP contribution >= 0.6 is 0 Å². The predicted octanol–water partition coefficient (Wildman–Crippen LogP) is 3.21. The second kappa shape index (κ2) is 9.55. The van der Waals surface area contributed by atoms with Gasteiger partial charge in [-0.3, -0.25) is 0 Å². The first-order valence-electron chi connectivity index (χ1n) is 9.36. The van der Waals surface area contributed by atoms with Crippen molar-refractivity contribution in [2.75, 3.05) is 25.0 Å². The van der Waals surface area contributed by atoms with E-state index in [1.807, 2.05) is 30.3 Å². The summed E-state index contributed by atoms with van der Waals surface area (Å²) in [6.45, 7) is 3.80. The number of hydrogen-bond donors (Lipinski definition) is 1. The lowest BCUT2D eigenvalue weighted by Crippen LogP contribution is -2.34. The summed E-state index contributed by atoms with van der Waals surface area (Å²) < 4.78 is 11.4. The maximum absolute atomic E-state index is 12.5. The van der Waals surface area contributed by atoms with Gasteiger partial charge in [0, 0.05) is 31.0 Å². The Bertz CT molecular complexity index is 834. The van der Waals surface area contributed by atoms with Crippen LogP contribution in [-0.4, -0.2) is 46.7 Å². The number of carbonyl (C=O) groups is 1. The zero-order chi connectivity index (χ0) is 19.8. The average molecular weight is 381 g/mol. The molecule has 146 valence electrons. The predicted molar refractivity (Wildman–Crippen MR) is 103 cm³/mol. The number of ether oxygens (including phenoxy) is 2. The standard InChI is InChI=1S/C20H23N5O3/c1-2-3-12-27-16-6-4-15(5-7-16)24-20(26)25-11-8-17(14-25)28-19-18(13-21)22-9-10-23-19/h4-7,9-10,17H,2-3,8,11-12,14H2,1H3,(H,24,26). The normalized spacial score (nSPS) is 15.7. The number of anilines is 1. The van der Waals surface area contributed by atoms with E-state index in [4.69, 9.17) is 14.7 Å². The summed E-state index contributed by atoms with van der Waals surface area (Å²) in [7, 11) is 0. The van der Waals surface area contributed by atoms with Crippen LogP contribution < -0.4 is 14.8 Å². The molecule has 3 rings (SSSR count). The van der Waals surface area contributed by atoms with Crippen LogP contribution in [0.3, 0.4) is 0 Å². The van der Waals surface area contributed by atoms with E-state index in [2.05, 4.69) is 22.2 Å². The minimum absolute atomic E-state index is 0.145. The second-order valence-corrected chi connectivity index (χ2v) is 6.45. The number of nitrogens with zero attached hydrogens (tertiary/aromatic N) is 4. The second-order valence-electron chi connectivity index (χ2n) is 6.45. The van der Waals surface area contributed by atoms with Crippen molar-refractivity contribution in [3.8, 4) is 17.7 Å². The van der Waals surface area contributed by atoms with E-state index >= 15 is 0 Å². The first-order valence-corrected chi connectivity index (χ1v) is 9.36. The van der Waals surface area contributed by atoms with Crippen LogP contribution in [0.1, 0.15) is 31.9 Å². The first-order chi connectivity index (χ1) is 13.7. The highest BCUT2D eigenvalue weighted by molar-refractivity contribution is 5.89. The minimum atomic E-state index is -0.219. The maximum atomic E-state index is 12.5. The van der Waals surface area contributed by atoms with Crippen molar-refractivity contribution in [1.82, 2.24) is 14.9 Å². The summed E-state index contributed by atoms with van der Waals surface area (Å²) in [5.41, 5.74) is 0.851. The number of unbranched alkanes of at least 4 members (excludes halogenated alkanes) is 1. The Labute approximate surface area is 164 Å². The molecular formula is C20H23N5O3. The number of nitrogens with one attached hydrogen (secondary N) is 1. The number of hydrogen-bond acceptors (Lipinski definition) is 6.